The van der Waals surface area contributed by atoms with Crippen molar-refractivity contribution in [3.8, 4) is 11.4 Å². The van der Waals surface area contributed by atoms with E-state index in [2.05, 4.69) is 20.6 Å². The average Bonchev–Trinajstić information content (AvgIpc) is 2.75. The molecule has 12 heavy (non-hydrogen) atoms. The quantitative estimate of drug-likeness (QED) is 0.692. The highest BCUT2D eigenvalue weighted by Gasteiger charge is 2.04. The Bertz CT molecular complexity index is 380. The Morgan fingerprint density at radius 2 is 2.50 bits per heavy atom. The molecule has 0 bridgehead atoms. The summed E-state index contributed by atoms with van der Waals surface area (Å²) >= 11 is 1.36. The van der Waals surface area contributed by atoms with Gasteiger partial charge in [-0.2, -0.15) is 5.21 Å². The Kier molecular flexibility index (Phi) is 1.67. The smallest absolute Gasteiger partial charge is 0.205 e. The Morgan fingerprint density at radius 3 is 3.08 bits per heavy atom. The van der Waals surface area contributed by atoms with Crippen LogP contribution in [0.4, 0.5) is 0 Å². The molecule has 0 amide bonds. The Balaban J connectivity index is 2.41. The Morgan fingerprint density at radius 1 is 1.58 bits per heavy atom. The molecule has 2 heterocycles. The first kappa shape index (κ1) is 7.11. The van der Waals surface area contributed by atoms with Crippen LogP contribution in [0.1, 0.15) is 9.67 Å². The number of aromatic nitrogens is 4. The summed E-state index contributed by atoms with van der Waals surface area (Å²) in [4.78, 5) is 11.0. The second-order valence-corrected chi connectivity index (χ2v) is 3.03. The first-order chi connectivity index (χ1) is 5.90. The summed E-state index contributed by atoms with van der Waals surface area (Å²) in [7, 11) is 0. The molecule has 5 nitrogen and oxygen atoms in total. The fourth-order valence-electron chi connectivity index (χ4n) is 0.816. The van der Waals surface area contributed by atoms with Gasteiger partial charge in [-0.3, -0.25) is 4.79 Å². The van der Waals surface area contributed by atoms with Crippen LogP contribution in [-0.2, 0) is 0 Å². The zero-order chi connectivity index (χ0) is 8.39. The monoisotopic (exact) mass is 180 g/mol. The van der Waals surface area contributed by atoms with Crippen molar-refractivity contribution in [2.75, 3.05) is 0 Å². The van der Waals surface area contributed by atoms with E-state index >= 15 is 0 Å². The van der Waals surface area contributed by atoms with E-state index < -0.39 is 0 Å². The van der Waals surface area contributed by atoms with Gasteiger partial charge in [0.15, 0.2) is 6.29 Å². The number of aromatic amines is 1. The van der Waals surface area contributed by atoms with Crippen molar-refractivity contribution < 1.29 is 4.79 Å². The maximum absolute atomic E-state index is 10.3. The van der Waals surface area contributed by atoms with E-state index in [9.17, 15) is 4.79 Å². The van der Waals surface area contributed by atoms with Crippen molar-refractivity contribution in [1.82, 2.24) is 20.6 Å². The molecule has 0 aliphatic carbocycles. The topological polar surface area (TPSA) is 71.5 Å². The molecule has 0 saturated heterocycles. The van der Waals surface area contributed by atoms with Gasteiger partial charge in [0.2, 0.25) is 5.82 Å². The van der Waals surface area contributed by atoms with Crippen LogP contribution in [0.3, 0.4) is 0 Å². The van der Waals surface area contributed by atoms with Crippen molar-refractivity contribution >= 4 is 17.6 Å². The number of hydrogen-bond acceptors (Lipinski definition) is 5. The van der Waals surface area contributed by atoms with E-state index in [1.54, 1.807) is 6.07 Å². The van der Waals surface area contributed by atoms with Gasteiger partial charge in [-0.25, -0.2) is 0 Å². The maximum atomic E-state index is 10.3. The highest BCUT2D eigenvalue weighted by molar-refractivity contribution is 7.12. The van der Waals surface area contributed by atoms with Crippen LogP contribution in [-0.4, -0.2) is 26.9 Å². The summed E-state index contributed by atoms with van der Waals surface area (Å²) in [6, 6.07) is 1.72. The van der Waals surface area contributed by atoms with Gasteiger partial charge in [-0.15, -0.1) is 21.5 Å². The molecule has 2 aromatic heterocycles. The molecule has 0 aliphatic rings. The van der Waals surface area contributed by atoms with Gasteiger partial charge in [-0.1, -0.05) is 0 Å². The van der Waals surface area contributed by atoms with Crippen LogP contribution in [0, 0.1) is 0 Å². The molecule has 2 rings (SSSR count). The summed E-state index contributed by atoms with van der Waals surface area (Å²) in [6.07, 6.45) is 0.800. The SMILES string of the molecule is O=Cc1cc(-c2nn[nH]n2)cs1. The zero-order valence-electron chi connectivity index (χ0n) is 5.89. The fraction of sp³-hybridized carbons (Fsp3) is 0. The van der Waals surface area contributed by atoms with Crippen molar-refractivity contribution in [3.05, 3.63) is 16.3 Å². The number of H-pyrrole nitrogens is 1. The van der Waals surface area contributed by atoms with E-state index in [1.807, 2.05) is 5.38 Å². The lowest BCUT2D eigenvalue weighted by atomic mass is 10.3. The summed E-state index contributed by atoms with van der Waals surface area (Å²) in [5, 5.41) is 15.1. The number of aldehydes is 1. The minimum absolute atomic E-state index is 0.513. The Hall–Kier alpha value is -1.56. The summed E-state index contributed by atoms with van der Waals surface area (Å²) in [6.45, 7) is 0. The third kappa shape index (κ3) is 1.12. The molecule has 0 saturated carbocycles. The second-order valence-electron chi connectivity index (χ2n) is 2.09. The van der Waals surface area contributed by atoms with Crippen LogP contribution < -0.4 is 0 Å². The van der Waals surface area contributed by atoms with Crippen molar-refractivity contribution in [2.45, 2.75) is 0 Å². The minimum Gasteiger partial charge on any atom is -0.297 e. The largest absolute Gasteiger partial charge is 0.297 e. The summed E-state index contributed by atoms with van der Waals surface area (Å²) < 4.78 is 0. The maximum Gasteiger partial charge on any atom is 0.205 e. The number of rotatable bonds is 2. The molecule has 0 aliphatic heterocycles. The molecule has 0 radical (unpaired) electrons. The molecule has 2 aromatic rings. The third-order valence-corrected chi connectivity index (χ3v) is 2.20. The van der Waals surface area contributed by atoms with Gasteiger partial charge >= 0.3 is 0 Å². The van der Waals surface area contributed by atoms with E-state index in [1.165, 1.54) is 11.3 Å². The van der Waals surface area contributed by atoms with E-state index in [0.29, 0.717) is 10.7 Å². The zero-order valence-corrected chi connectivity index (χ0v) is 6.71. The predicted molar refractivity (Wildman–Crippen MR) is 42.9 cm³/mol. The predicted octanol–water partition coefficient (Wildman–Crippen LogP) is 0.741. The van der Waals surface area contributed by atoms with Crippen LogP contribution in [0.25, 0.3) is 11.4 Å². The van der Waals surface area contributed by atoms with Crippen molar-refractivity contribution in [1.29, 1.82) is 0 Å². The van der Waals surface area contributed by atoms with Crippen LogP contribution in [0.5, 0.6) is 0 Å². The van der Waals surface area contributed by atoms with E-state index in [0.717, 1.165) is 11.8 Å². The van der Waals surface area contributed by atoms with Gasteiger partial charge in [0.05, 0.1) is 4.88 Å². The molecule has 0 aromatic carbocycles. The van der Waals surface area contributed by atoms with Crippen molar-refractivity contribution in [2.24, 2.45) is 0 Å². The lowest BCUT2D eigenvalue weighted by Gasteiger charge is -1.80. The lowest BCUT2D eigenvalue weighted by Crippen LogP contribution is -1.76. The number of nitrogens with zero attached hydrogens (tertiary/aromatic N) is 3. The number of nitrogens with one attached hydrogen (secondary N) is 1. The number of carbonyl (C=O) groups is 1. The number of thiophene rings is 1. The van der Waals surface area contributed by atoms with Gasteiger partial charge in [0, 0.05) is 10.9 Å². The molecular formula is C6H4N4OS. The number of hydrogen-bond donors (Lipinski definition) is 1. The average molecular weight is 180 g/mol. The molecular weight excluding hydrogens is 176 g/mol. The molecule has 0 fully saturated rings. The summed E-state index contributed by atoms with van der Waals surface area (Å²) in [5.41, 5.74) is 0.816. The molecule has 60 valence electrons. The highest BCUT2D eigenvalue weighted by atomic mass is 32.1. The first-order valence-electron chi connectivity index (χ1n) is 3.17. The van der Waals surface area contributed by atoms with Gasteiger partial charge < -0.3 is 0 Å². The van der Waals surface area contributed by atoms with Crippen molar-refractivity contribution in [3.63, 3.8) is 0 Å². The van der Waals surface area contributed by atoms with Gasteiger partial charge in [0.25, 0.3) is 0 Å². The number of carbonyl (C=O) groups excluding carboxylic acids is 1. The molecule has 0 spiro atoms. The Labute approximate surface area is 71.4 Å². The standard InChI is InChI=1S/C6H4N4OS/c11-2-5-1-4(3-12-5)6-7-9-10-8-6/h1-3H,(H,7,8,9,10). The van der Waals surface area contributed by atoms with Gasteiger partial charge in [-0.05, 0) is 11.3 Å². The van der Waals surface area contributed by atoms with E-state index in [-0.39, 0.29) is 0 Å². The first-order valence-corrected chi connectivity index (χ1v) is 4.05. The fourth-order valence-corrected chi connectivity index (χ4v) is 1.50. The summed E-state index contributed by atoms with van der Waals surface area (Å²) in [5.74, 6) is 0.513. The van der Waals surface area contributed by atoms with Crippen LogP contribution in [0.2, 0.25) is 0 Å². The minimum atomic E-state index is 0.513. The van der Waals surface area contributed by atoms with Gasteiger partial charge in [0.1, 0.15) is 0 Å². The second kappa shape index (κ2) is 2.82. The third-order valence-electron chi connectivity index (χ3n) is 1.34. The molecule has 1 N–H and O–H groups in total. The normalized spacial score (nSPS) is 10.0. The van der Waals surface area contributed by atoms with E-state index in [4.69, 9.17) is 0 Å². The molecule has 6 heteroatoms. The van der Waals surface area contributed by atoms with Crippen LogP contribution >= 0.6 is 11.3 Å². The molecule has 0 atom stereocenters. The number of tetrazole rings is 1. The highest BCUT2D eigenvalue weighted by Crippen LogP contribution is 2.20. The van der Waals surface area contributed by atoms with Crippen LogP contribution in [0.15, 0.2) is 11.4 Å². The molecule has 0 unspecified atom stereocenters. The lowest BCUT2D eigenvalue weighted by molar-refractivity contribution is 0.112.